The Morgan fingerprint density at radius 3 is 2.58 bits per heavy atom. The van der Waals surface area contributed by atoms with Crippen LogP contribution in [0.15, 0.2) is 24.3 Å². The standard InChI is InChI=1S/C14H19NO3S/c1-2-3-8-17-14(16)10-18-12-6-4-11(5-7-12)9-13(15)19/h4-7H,2-3,8-10H2,1H3,(H2,15,19). The SMILES string of the molecule is CCCCOC(=O)COc1ccc(CC(N)=S)cc1. The second-order valence-corrected chi connectivity index (χ2v) is 4.67. The van der Waals surface area contributed by atoms with Crippen LogP contribution in [0, 0.1) is 0 Å². The summed E-state index contributed by atoms with van der Waals surface area (Å²) >= 11 is 4.83. The molecule has 1 rings (SSSR count). The summed E-state index contributed by atoms with van der Waals surface area (Å²) in [5.41, 5.74) is 6.48. The van der Waals surface area contributed by atoms with Crippen LogP contribution in [0.25, 0.3) is 0 Å². The molecule has 0 amide bonds. The molecule has 0 aliphatic rings. The Balaban J connectivity index is 2.33. The topological polar surface area (TPSA) is 61.5 Å². The van der Waals surface area contributed by atoms with Gasteiger partial charge in [-0.2, -0.15) is 0 Å². The molecule has 0 aromatic heterocycles. The van der Waals surface area contributed by atoms with Crippen molar-refractivity contribution in [3.63, 3.8) is 0 Å². The molecule has 0 radical (unpaired) electrons. The van der Waals surface area contributed by atoms with Gasteiger partial charge in [0, 0.05) is 6.42 Å². The van der Waals surface area contributed by atoms with E-state index in [-0.39, 0.29) is 12.6 Å². The summed E-state index contributed by atoms with van der Waals surface area (Å²) < 4.78 is 10.3. The average molecular weight is 281 g/mol. The van der Waals surface area contributed by atoms with Gasteiger partial charge in [0.05, 0.1) is 11.6 Å². The first-order valence-electron chi connectivity index (χ1n) is 6.27. The molecule has 0 saturated heterocycles. The number of nitrogens with two attached hydrogens (primary N) is 1. The molecule has 4 nitrogen and oxygen atoms in total. The van der Waals surface area contributed by atoms with Gasteiger partial charge in [-0.25, -0.2) is 4.79 Å². The molecule has 1 aromatic rings. The highest BCUT2D eigenvalue weighted by Crippen LogP contribution is 2.12. The van der Waals surface area contributed by atoms with E-state index in [2.05, 4.69) is 0 Å². The average Bonchev–Trinajstić information content (AvgIpc) is 2.37. The Hall–Kier alpha value is -1.62. The Morgan fingerprint density at radius 1 is 1.32 bits per heavy atom. The lowest BCUT2D eigenvalue weighted by Gasteiger charge is -2.07. The zero-order valence-corrected chi connectivity index (χ0v) is 11.9. The number of hydrogen-bond donors (Lipinski definition) is 1. The molecule has 104 valence electrons. The smallest absolute Gasteiger partial charge is 0.344 e. The molecule has 0 bridgehead atoms. The van der Waals surface area contributed by atoms with Crippen LogP contribution in [0.5, 0.6) is 5.75 Å². The van der Waals surface area contributed by atoms with Gasteiger partial charge in [0.1, 0.15) is 5.75 Å². The molecule has 1 aromatic carbocycles. The molecule has 0 aliphatic carbocycles. The van der Waals surface area contributed by atoms with E-state index in [9.17, 15) is 4.79 Å². The van der Waals surface area contributed by atoms with Crippen LogP contribution in [-0.4, -0.2) is 24.2 Å². The molecular weight excluding hydrogens is 262 g/mol. The summed E-state index contributed by atoms with van der Waals surface area (Å²) in [5.74, 6) is 0.278. The van der Waals surface area contributed by atoms with Crippen molar-refractivity contribution in [2.24, 2.45) is 5.73 Å². The third-order valence-electron chi connectivity index (χ3n) is 2.42. The highest BCUT2D eigenvalue weighted by molar-refractivity contribution is 7.80. The Labute approximate surface area is 118 Å². The third-order valence-corrected chi connectivity index (χ3v) is 2.56. The Morgan fingerprint density at radius 2 is 2.00 bits per heavy atom. The maximum atomic E-state index is 11.3. The van der Waals surface area contributed by atoms with Crippen LogP contribution >= 0.6 is 12.2 Å². The second kappa shape index (κ2) is 8.48. The first kappa shape index (κ1) is 15.4. The van der Waals surface area contributed by atoms with Gasteiger partial charge in [-0.15, -0.1) is 0 Å². The lowest BCUT2D eigenvalue weighted by Crippen LogP contribution is -2.15. The maximum Gasteiger partial charge on any atom is 0.344 e. The van der Waals surface area contributed by atoms with Crippen molar-refractivity contribution >= 4 is 23.2 Å². The summed E-state index contributed by atoms with van der Waals surface area (Å²) in [6, 6.07) is 7.31. The number of ether oxygens (including phenoxy) is 2. The molecule has 0 atom stereocenters. The molecule has 19 heavy (non-hydrogen) atoms. The van der Waals surface area contributed by atoms with Gasteiger partial charge in [-0.3, -0.25) is 0 Å². The quantitative estimate of drug-likeness (QED) is 0.450. The summed E-state index contributed by atoms with van der Waals surface area (Å²) in [4.78, 5) is 11.8. The van der Waals surface area contributed by atoms with Crippen LogP contribution in [0.2, 0.25) is 0 Å². The van der Waals surface area contributed by atoms with Crippen molar-refractivity contribution in [3.8, 4) is 5.75 Å². The summed E-state index contributed by atoms with van der Waals surface area (Å²) in [5, 5.41) is 0. The van der Waals surface area contributed by atoms with E-state index in [0.717, 1.165) is 18.4 Å². The zero-order chi connectivity index (χ0) is 14.1. The number of benzene rings is 1. The highest BCUT2D eigenvalue weighted by Gasteiger charge is 2.04. The number of hydrogen-bond acceptors (Lipinski definition) is 4. The van der Waals surface area contributed by atoms with Crippen molar-refractivity contribution in [2.75, 3.05) is 13.2 Å². The van der Waals surface area contributed by atoms with Crippen molar-refractivity contribution in [2.45, 2.75) is 26.2 Å². The summed E-state index contributed by atoms with van der Waals surface area (Å²) in [6.07, 6.45) is 2.44. The molecule has 5 heteroatoms. The van der Waals surface area contributed by atoms with Crippen LogP contribution in [0.1, 0.15) is 25.3 Å². The van der Waals surface area contributed by atoms with E-state index < -0.39 is 0 Å². The van der Waals surface area contributed by atoms with Crippen molar-refractivity contribution < 1.29 is 14.3 Å². The summed E-state index contributed by atoms with van der Waals surface area (Å²) in [7, 11) is 0. The van der Waals surface area contributed by atoms with Gasteiger partial charge >= 0.3 is 5.97 Å². The molecule has 0 spiro atoms. The van der Waals surface area contributed by atoms with E-state index in [1.807, 2.05) is 19.1 Å². The molecule has 0 fully saturated rings. The van der Waals surface area contributed by atoms with Crippen molar-refractivity contribution in [1.82, 2.24) is 0 Å². The van der Waals surface area contributed by atoms with E-state index in [4.69, 9.17) is 27.4 Å². The lowest BCUT2D eigenvalue weighted by atomic mass is 10.1. The van der Waals surface area contributed by atoms with Crippen molar-refractivity contribution in [3.05, 3.63) is 29.8 Å². The second-order valence-electron chi connectivity index (χ2n) is 4.15. The fourth-order valence-corrected chi connectivity index (χ4v) is 1.59. The molecule has 0 heterocycles. The van der Waals surface area contributed by atoms with Crippen LogP contribution in [0.3, 0.4) is 0 Å². The first-order chi connectivity index (χ1) is 9.11. The largest absolute Gasteiger partial charge is 0.482 e. The predicted molar refractivity (Wildman–Crippen MR) is 78.3 cm³/mol. The van der Waals surface area contributed by atoms with Crippen molar-refractivity contribution in [1.29, 1.82) is 0 Å². The van der Waals surface area contributed by atoms with E-state index >= 15 is 0 Å². The zero-order valence-electron chi connectivity index (χ0n) is 11.1. The van der Waals surface area contributed by atoms with Gasteiger partial charge in [0.15, 0.2) is 6.61 Å². The van der Waals surface area contributed by atoms with Gasteiger partial charge in [0.25, 0.3) is 0 Å². The van der Waals surface area contributed by atoms with Crippen LogP contribution in [-0.2, 0) is 16.0 Å². The van der Waals surface area contributed by atoms with E-state index in [0.29, 0.717) is 23.8 Å². The van der Waals surface area contributed by atoms with E-state index in [1.54, 1.807) is 12.1 Å². The molecule has 0 saturated carbocycles. The normalized spacial score (nSPS) is 9.95. The predicted octanol–water partition coefficient (Wildman–Crippen LogP) is 2.24. The van der Waals surface area contributed by atoms with E-state index in [1.165, 1.54) is 0 Å². The Kier molecular flexibility index (Phi) is 6.89. The van der Waals surface area contributed by atoms with Gasteiger partial charge in [0.2, 0.25) is 0 Å². The minimum absolute atomic E-state index is 0.0711. The van der Waals surface area contributed by atoms with Gasteiger partial charge in [-0.1, -0.05) is 37.7 Å². The number of rotatable bonds is 8. The maximum absolute atomic E-state index is 11.3. The molecule has 2 N–H and O–H groups in total. The fraction of sp³-hybridized carbons (Fsp3) is 0.429. The number of thiocarbonyl (C=S) groups is 1. The molecule has 0 aliphatic heterocycles. The number of esters is 1. The summed E-state index contributed by atoms with van der Waals surface area (Å²) in [6.45, 7) is 2.42. The first-order valence-corrected chi connectivity index (χ1v) is 6.68. The number of carbonyl (C=O) groups excluding carboxylic acids is 1. The van der Waals surface area contributed by atoms with Crippen LogP contribution in [0.4, 0.5) is 0 Å². The number of carbonyl (C=O) groups is 1. The van der Waals surface area contributed by atoms with Gasteiger partial charge in [-0.05, 0) is 24.1 Å². The fourth-order valence-electron chi connectivity index (χ4n) is 1.42. The minimum Gasteiger partial charge on any atom is -0.482 e. The van der Waals surface area contributed by atoms with Gasteiger partial charge < -0.3 is 15.2 Å². The molecular formula is C14H19NO3S. The monoisotopic (exact) mass is 281 g/mol. The Bertz CT molecular complexity index is 417. The number of unbranched alkanes of at least 4 members (excludes halogenated alkanes) is 1. The van der Waals surface area contributed by atoms with Crippen LogP contribution < -0.4 is 10.5 Å². The lowest BCUT2D eigenvalue weighted by molar-refractivity contribution is -0.146. The third kappa shape index (κ3) is 6.76. The molecule has 0 unspecified atom stereocenters. The minimum atomic E-state index is -0.347. The highest BCUT2D eigenvalue weighted by atomic mass is 32.1.